The van der Waals surface area contributed by atoms with Gasteiger partial charge in [0.25, 0.3) is 0 Å². The van der Waals surface area contributed by atoms with Crippen molar-refractivity contribution in [3.63, 3.8) is 0 Å². The topological polar surface area (TPSA) is 78.6 Å². The molecule has 0 fully saturated rings. The number of hydrogen-bond donors (Lipinski definition) is 1. The van der Waals surface area contributed by atoms with Crippen LogP contribution in [0.15, 0.2) is 12.1 Å². The maximum atomic E-state index is 10.6. The molecule has 0 spiro atoms. The third-order valence-corrected chi connectivity index (χ3v) is 5.10. The van der Waals surface area contributed by atoms with E-state index < -0.39 is 6.10 Å². The van der Waals surface area contributed by atoms with Crippen LogP contribution in [0.5, 0.6) is 11.5 Å². The van der Waals surface area contributed by atoms with Crippen molar-refractivity contribution >= 4 is 28.1 Å². The maximum absolute atomic E-state index is 10.6. The molecule has 120 valence electrons. The Labute approximate surface area is 142 Å². The molecule has 0 radical (unpaired) electrons. The van der Waals surface area contributed by atoms with Crippen molar-refractivity contribution in [1.82, 2.24) is 4.37 Å². The van der Waals surface area contributed by atoms with E-state index in [0.29, 0.717) is 35.2 Å². The van der Waals surface area contributed by atoms with E-state index in [4.69, 9.17) is 21.1 Å². The predicted octanol–water partition coefficient (Wildman–Crippen LogP) is 2.74. The van der Waals surface area contributed by atoms with Gasteiger partial charge in [0.1, 0.15) is 34.2 Å². The van der Waals surface area contributed by atoms with E-state index in [0.717, 1.165) is 22.7 Å². The summed E-state index contributed by atoms with van der Waals surface area (Å²) in [7, 11) is 3.15. The van der Waals surface area contributed by atoms with Crippen LogP contribution in [0.2, 0.25) is 5.15 Å². The number of aliphatic hydroxyl groups excluding tert-OH is 1. The van der Waals surface area contributed by atoms with Gasteiger partial charge in [-0.2, -0.15) is 9.64 Å². The molecule has 1 atom stereocenters. The molecule has 8 heteroatoms. The number of aliphatic hydroxyl groups is 1. The smallest absolute Gasteiger partial charge is 0.162 e. The Morgan fingerprint density at radius 1 is 1.39 bits per heavy atom. The van der Waals surface area contributed by atoms with Crippen molar-refractivity contribution in [3.05, 3.63) is 34.0 Å². The molecule has 1 aromatic heterocycles. The molecule has 23 heavy (non-hydrogen) atoms. The first-order chi connectivity index (χ1) is 11.1. The number of rotatable bonds is 3. The van der Waals surface area contributed by atoms with Crippen LogP contribution in [0.25, 0.3) is 0 Å². The van der Waals surface area contributed by atoms with Crippen LogP contribution < -0.4 is 14.4 Å². The minimum absolute atomic E-state index is 0.186. The van der Waals surface area contributed by atoms with E-state index in [2.05, 4.69) is 10.4 Å². The number of aromatic nitrogens is 1. The van der Waals surface area contributed by atoms with Gasteiger partial charge in [0, 0.05) is 24.2 Å². The Morgan fingerprint density at radius 2 is 2.09 bits per heavy atom. The van der Waals surface area contributed by atoms with Gasteiger partial charge < -0.3 is 19.5 Å². The van der Waals surface area contributed by atoms with Crippen LogP contribution >= 0.6 is 23.1 Å². The normalized spacial score (nSPS) is 16.7. The van der Waals surface area contributed by atoms with Crippen molar-refractivity contribution in [2.45, 2.75) is 12.6 Å². The molecule has 6 nitrogen and oxygen atoms in total. The van der Waals surface area contributed by atoms with Gasteiger partial charge >= 0.3 is 0 Å². The number of fused-ring (bicyclic) bond motifs is 1. The van der Waals surface area contributed by atoms with Crippen LogP contribution in [0.1, 0.15) is 22.8 Å². The molecular weight excluding hydrogens is 338 g/mol. The summed E-state index contributed by atoms with van der Waals surface area (Å²) in [4.78, 5) is 1.89. The van der Waals surface area contributed by atoms with Crippen LogP contribution in [0.3, 0.4) is 0 Å². The van der Waals surface area contributed by atoms with Crippen molar-refractivity contribution in [2.24, 2.45) is 0 Å². The lowest BCUT2D eigenvalue weighted by Gasteiger charge is -2.34. The van der Waals surface area contributed by atoms with Crippen molar-refractivity contribution in [2.75, 3.05) is 25.7 Å². The van der Waals surface area contributed by atoms with Gasteiger partial charge in [0.15, 0.2) is 5.15 Å². The SMILES string of the molecule is COc1ccc(OC)c2c1CN(c1snc(Cl)c1C#N)CC2O. The zero-order valence-electron chi connectivity index (χ0n) is 12.5. The third-order valence-electron chi connectivity index (χ3n) is 3.82. The highest BCUT2D eigenvalue weighted by Crippen LogP contribution is 2.42. The first kappa shape index (κ1) is 15.9. The summed E-state index contributed by atoms with van der Waals surface area (Å²) >= 11 is 7.10. The third kappa shape index (κ3) is 2.59. The number of anilines is 1. The second kappa shape index (κ2) is 6.24. The van der Waals surface area contributed by atoms with Crippen LogP contribution in [0, 0.1) is 11.3 Å². The number of benzene rings is 1. The average molecular weight is 352 g/mol. The summed E-state index contributed by atoms with van der Waals surface area (Å²) in [6.45, 7) is 0.795. The average Bonchev–Trinajstić information content (AvgIpc) is 2.94. The number of methoxy groups -OCH3 is 2. The number of nitriles is 1. The van der Waals surface area contributed by atoms with Gasteiger partial charge in [0.05, 0.1) is 14.2 Å². The zero-order valence-corrected chi connectivity index (χ0v) is 14.1. The van der Waals surface area contributed by atoms with E-state index in [1.54, 1.807) is 26.4 Å². The molecule has 1 unspecified atom stereocenters. The summed E-state index contributed by atoms with van der Waals surface area (Å²) in [5.74, 6) is 1.29. The fourth-order valence-corrected chi connectivity index (χ4v) is 3.84. The lowest BCUT2D eigenvalue weighted by molar-refractivity contribution is 0.170. The largest absolute Gasteiger partial charge is 0.496 e. The first-order valence-corrected chi connectivity index (χ1v) is 7.97. The molecule has 2 heterocycles. The lowest BCUT2D eigenvalue weighted by Crippen LogP contribution is -2.34. The summed E-state index contributed by atoms with van der Waals surface area (Å²) in [5.41, 5.74) is 1.88. The maximum Gasteiger partial charge on any atom is 0.162 e. The van der Waals surface area contributed by atoms with Crippen molar-refractivity contribution in [1.29, 1.82) is 5.26 Å². The Balaban J connectivity index is 2.08. The number of nitrogens with zero attached hydrogens (tertiary/aromatic N) is 3. The minimum Gasteiger partial charge on any atom is -0.496 e. The van der Waals surface area contributed by atoms with Gasteiger partial charge in [-0.05, 0) is 23.7 Å². The second-order valence-corrected chi connectivity index (χ2v) is 6.13. The molecule has 1 N–H and O–H groups in total. The molecule has 0 amide bonds. The Bertz CT molecular complexity index is 787. The fourth-order valence-electron chi connectivity index (χ4n) is 2.80. The van der Waals surface area contributed by atoms with Gasteiger partial charge in [-0.3, -0.25) is 0 Å². The van der Waals surface area contributed by atoms with Crippen LogP contribution in [-0.4, -0.2) is 30.2 Å². The molecule has 1 aliphatic rings. The molecule has 0 saturated heterocycles. The Hall–Kier alpha value is -2.01. The standard InChI is InChI=1S/C15H14ClN3O3S/c1-21-11-3-4-12(22-2)13-9(11)6-19(7-10(13)20)15-8(5-17)14(16)18-23-15/h3-4,10,20H,6-7H2,1-2H3. The zero-order chi connectivity index (χ0) is 16.6. The molecule has 2 aromatic rings. The van der Waals surface area contributed by atoms with E-state index in [9.17, 15) is 10.4 Å². The number of ether oxygens (including phenoxy) is 2. The van der Waals surface area contributed by atoms with Crippen molar-refractivity contribution < 1.29 is 14.6 Å². The highest BCUT2D eigenvalue weighted by Gasteiger charge is 2.32. The molecule has 3 rings (SSSR count). The molecule has 1 aliphatic heterocycles. The number of halogens is 1. The van der Waals surface area contributed by atoms with Gasteiger partial charge in [-0.1, -0.05) is 11.6 Å². The van der Waals surface area contributed by atoms with Crippen molar-refractivity contribution in [3.8, 4) is 17.6 Å². The summed E-state index contributed by atoms with van der Waals surface area (Å²) in [6.07, 6.45) is -0.767. The first-order valence-electron chi connectivity index (χ1n) is 6.82. The van der Waals surface area contributed by atoms with Gasteiger partial charge in [-0.15, -0.1) is 0 Å². The molecular formula is C15H14ClN3O3S. The van der Waals surface area contributed by atoms with Gasteiger partial charge in [0.2, 0.25) is 0 Å². The predicted molar refractivity (Wildman–Crippen MR) is 87.4 cm³/mol. The summed E-state index contributed by atoms with van der Waals surface area (Å²) in [6, 6.07) is 5.65. The highest BCUT2D eigenvalue weighted by molar-refractivity contribution is 7.10. The summed E-state index contributed by atoms with van der Waals surface area (Å²) in [5, 5.41) is 20.7. The quantitative estimate of drug-likeness (QED) is 0.916. The van der Waals surface area contributed by atoms with Crippen LogP contribution in [-0.2, 0) is 6.54 Å². The highest BCUT2D eigenvalue weighted by atomic mass is 35.5. The lowest BCUT2D eigenvalue weighted by atomic mass is 9.95. The number of hydrogen-bond acceptors (Lipinski definition) is 7. The molecule has 0 bridgehead atoms. The molecule has 1 aromatic carbocycles. The summed E-state index contributed by atoms with van der Waals surface area (Å²) < 4.78 is 14.8. The van der Waals surface area contributed by atoms with E-state index in [-0.39, 0.29) is 5.15 Å². The second-order valence-electron chi connectivity index (χ2n) is 5.02. The Morgan fingerprint density at radius 3 is 2.74 bits per heavy atom. The fraction of sp³-hybridized carbons (Fsp3) is 0.333. The Kier molecular flexibility index (Phi) is 4.31. The van der Waals surface area contributed by atoms with Crippen LogP contribution in [0.4, 0.5) is 5.00 Å². The van der Waals surface area contributed by atoms with Gasteiger partial charge in [-0.25, -0.2) is 0 Å². The van der Waals surface area contributed by atoms with E-state index in [1.165, 1.54) is 0 Å². The number of β-amino-alcohol motifs (C(OH)–C–C–N with tert-alkyl or cyclic N) is 1. The molecule has 0 aliphatic carbocycles. The van der Waals surface area contributed by atoms with E-state index in [1.807, 2.05) is 4.90 Å². The minimum atomic E-state index is -0.767. The molecule has 0 saturated carbocycles. The van der Waals surface area contributed by atoms with E-state index >= 15 is 0 Å². The monoisotopic (exact) mass is 351 g/mol.